The van der Waals surface area contributed by atoms with E-state index in [-0.39, 0.29) is 36.3 Å². The molecule has 0 spiro atoms. The third-order valence-corrected chi connectivity index (χ3v) is 4.78. The number of carbonyl (C=O) groups is 2. The fourth-order valence-corrected chi connectivity index (χ4v) is 3.37. The van der Waals surface area contributed by atoms with E-state index in [0.717, 1.165) is 44.2 Å². The number of hydrogen-bond acceptors (Lipinski definition) is 3. The van der Waals surface area contributed by atoms with Gasteiger partial charge in [-0.15, -0.1) is 12.4 Å². The lowest BCUT2D eigenvalue weighted by Crippen LogP contribution is -2.52. The van der Waals surface area contributed by atoms with Gasteiger partial charge in [-0.05, 0) is 44.4 Å². The molecule has 0 bridgehead atoms. The quantitative estimate of drug-likeness (QED) is 0.875. The standard InChI is InChI=1S/C18H25N3O2.ClH/c22-17(16-8-4-5-11-19-16)20-15-9-12-21(13-10-15)18(23)14-6-2-1-3-7-14;/h1-3,6-7,15-16,19H,4-5,8-13H2,(H,20,22);1H. The molecule has 0 saturated carbocycles. The zero-order valence-electron chi connectivity index (χ0n) is 13.9. The van der Waals surface area contributed by atoms with E-state index < -0.39 is 0 Å². The predicted molar refractivity (Wildman–Crippen MR) is 96.4 cm³/mol. The number of hydrogen-bond donors (Lipinski definition) is 2. The largest absolute Gasteiger partial charge is 0.352 e. The van der Waals surface area contributed by atoms with Crippen molar-refractivity contribution in [1.29, 1.82) is 0 Å². The molecule has 2 N–H and O–H groups in total. The molecule has 132 valence electrons. The zero-order valence-corrected chi connectivity index (χ0v) is 14.7. The fourth-order valence-electron chi connectivity index (χ4n) is 3.37. The predicted octanol–water partition coefficient (Wildman–Crippen LogP) is 1.97. The Morgan fingerprint density at radius 2 is 1.75 bits per heavy atom. The van der Waals surface area contributed by atoms with Crippen LogP contribution in [-0.2, 0) is 4.79 Å². The summed E-state index contributed by atoms with van der Waals surface area (Å²) >= 11 is 0. The SMILES string of the molecule is Cl.O=C(NC1CCN(C(=O)c2ccccc2)CC1)C1CCCCN1. The van der Waals surface area contributed by atoms with Gasteiger partial charge in [-0.25, -0.2) is 0 Å². The van der Waals surface area contributed by atoms with Crippen molar-refractivity contribution < 1.29 is 9.59 Å². The van der Waals surface area contributed by atoms with Crippen LogP contribution in [0.1, 0.15) is 42.5 Å². The molecule has 6 heteroatoms. The molecule has 24 heavy (non-hydrogen) atoms. The second-order valence-electron chi connectivity index (χ2n) is 6.44. The molecule has 1 unspecified atom stereocenters. The van der Waals surface area contributed by atoms with E-state index in [9.17, 15) is 9.59 Å². The Kier molecular flexibility index (Phi) is 7.06. The Morgan fingerprint density at radius 3 is 2.38 bits per heavy atom. The number of nitrogens with one attached hydrogen (secondary N) is 2. The van der Waals surface area contributed by atoms with E-state index in [1.165, 1.54) is 0 Å². The summed E-state index contributed by atoms with van der Waals surface area (Å²) in [5, 5.41) is 6.43. The number of carbonyl (C=O) groups excluding carboxylic acids is 2. The number of nitrogens with zero attached hydrogens (tertiary/aromatic N) is 1. The molecular formula is C18H26ClN3O2. The van der Waals surface area contributed by atoms with Gasteiger partial charge in [-0.1, -0.05) is 24.6 Å². The summed E-state index contributed by atoms with van der Waals surface area (Å²) in [7, 11) is 0. The van der Waals surface area contributed by atoms with E-state index in [1.54, 1.807) is 0 Å². The van der Waals surface area contributed by atoms with Crippen LogP contribution in [0, 0.1) is 0 Å². The van der Waals surface area contributed by atoms with Crippen LogP contribution in [0.2, 0.25) is 0 Å². The Labute approximate surface area is 149 Å². The summed E-state index contributed by atoms with van der Waals surface area (Å²) < 4.78 is 0. The van der Waals surface area contributed by atoms with Crippen molar-refractivity contribution in [3.8, 4) is 0 Å². The van der Waals surface area contributed by atoms with Crippen molar-refractivity contribution in [3.05, 3.63) is 35.9 Å². The van der Waals surface area contributed by atoms with Crippen molar-refractivity contribution in [2.45, 2.75) is 44.2 Å². The van der Waals surface area contributed by atoms with E-state index in [2.05, 4.69) is 10.6 Å². The third kappa shape index (κ3) is 4.71. The van der Waals surface area contributed by atoms with Gasteiger partial charge in [-0.2, -0.15) is 0 Å². The Bertz CT molecular complexity index is 538. The lowest BCUT2D eigenvalue weighted by Gasteiger charge is -2.33. The maximum absolute atomic E-state index is 12.4. The van der Waals surface area contributed by atoms with Gasteiger partial charge >= 0.3 is 0 Å². The van der Waals surface area contributed by atoms with Crippen molar-refractivity contribution in [3.63, 3.8) is 0 Å². The first-order chi connectivity index (χ1) is 11.2. The Morgan fingerprint density at radius 1 is 1.04 bits per heavy atom. The maximum Gasteiger partial charge on any atom is 0.253 e. The highest BCUT2D eigenvalue weighted by molar-refractivity contribution is 5.94. The topological polar surface area (TPSA) is 61.4 Å². The Hall–Kier alpha value is -1.59. The molecule has 2 heterocycles. The lowest BCUT2D eigenvalue weighted by atomic mass is 10.0. The minimum absolute atomic E-state index is 0. The fraction of sp³-hybridized carbons (Fsp3) is 0.556. The van der Waals surface area contributed by atoms with Crippen LogP contribution in [0.25, 0.3) is 0 Å². The van der Waals surface area contributed by atoms with E-state index in [1.807, 2.05) is 35.2 Å². The average molecular weight is 352 g/mol. The lowest BCUT2D eigenvalue weighted by molar-refractivity contribution is -0.124. The van der Waals surface area contributed by atoms with E-state index in [4.69, 9.17) is 0 Å². The highest BCUT2D eigenvalue weighted by Crippen LogP contribution is 2.15. The summed E-state index contributed by atoms with van der Waals surface area (Å²) in [4.78, 5) is 26.5. The number of halogens is 1. The maximum atomic E-state index is 12.4. The van der Waals surface area contributed by atoms with Gasteiger partial charge < -0.3 is 15.5 Å². The minimum atomic E-state index is -0.0345. The van der Waals surface area contributed by atoms with Gasteiger partial charge in [0, 0.05) is 24.7 Å². The molecule has 1 aromatic carbocycles. The molecule has 2 fully saturated rings. The van der Waals surface area contributed by atoms with Crippen LogP contribution >= 0.6 is 12.4 Å². The molecule has 2 aliphatic rings. The number of likely N-dealkylation sites (tertiary alicyclic amines) is 1. The van der Waals surface area contributed by atoms with Gasteiger partial charge in [0.1, 0.15) is 0 Å². The van der Waals surface area contributed by atoms with Crippen LogP contribution < -0.4 is 10.6 Å². The second-order valence-corrected chi connectivity index (χ2v) is 6.44. The molecule has 0 aromatic heterocycles. The molecule has 1 atom stereocenters. The number of amides is 2. The molecule has 2 saturated heterocycles. The molecule has 0 aliphatic carbocycles. The van der Waals surface area contributed by atoms with Crippen LogP contribution in [0.15, 0.2) is 30.3 Å². The molecular weight excluding hydrogens is 326 g/mol. The smallest absolute Gasteiger partial charge is 0.253 e. The molecule has 5 nitrogen and oxygen atoms in total. The summed E-state index contributed by atoms with van der Waals surface area (Å²) in [6.45, 7) is 2.34. The summed E-state index contributed by atoms with van der Waals surface area (Å²) in [6, 6.07) is 9.54. The molecule has 0 radical (unpaired) electrons. The average Bonchev–Trinajstić information content (AvgIpc) is 2.63. The number of rotatable bonds is 3. The van der Waals surface area contributed by atoms with E-state index >= 15 is 0 Å². The number of benzene rings is 1. The van der Waals surface area contributed by atoms with Gasteiger partial charge in [0.25, 0.3) is 5.91 Å². The molecule has 2 aliphatic heterocycles. The van der Waals surface area contributed by atoms with Gasteiger partial charge in [0.15, 0.2) is 0 Å². The second kappa shape index (κ2) is 9.04. The first kappa shape index (κ1) is 18.7. The van der Waals surface area contributed by atoms with Crippen LogP contribution in [-0.4, -0.2) is 48.4 Å². The van der Waals surface area contributed by atoms with Gasteiger partial charge in [0.05, 0.1) is 6.04 Å². The van der Waals surface area contributed by atoms with Crippen LogP contribution in [0.3, 0.4) is 0 Å². The zero-order chi connectivity index (χ0) is 16.1. The Balaban J connectivity index is 0.00000208. The summed E-state index contributed by atoms with van der Waals surface area (Å²) in [6.07, 6.45) is 4.87. The highest BCUT2D eigenvalue weighted by Gasteiger charge is 2.27. The highest BCUT2D eigenvalue weighted by atomic mass is 35.5. The van der Waals surface area contributed by atoms with Crippen molar-refractivity contribution in [2.75, 3.05) is 19.6 Å². The first-order valence-electron chi connectivity index (χ1n) is 8.62. The summed E-state index contributed by atoms with van der Waals surface area (Å²) in [5.41, 5.74) is 0.737. The summed E-state index contributed by atoms with van der Waals surface area (Å²) in [5.74, 6) is 0.210. The van der Waals surface area contributed by atoms with E-state index in [0.29, 0.717) is 13.1 Å². The molecule has 3 rings (SSSR count). The third-order valence-electron chi connectivity index (χ3n) is 4.78. The van der Waals surface area contributed by atoms with Crippen LogP contribution in [0.4, 0.5) is 0 Å². The van der Waals surface area contributed by atoms with Crippen molar-refractivity contribution >= 4 is 24.2 Å². The van der Waals surface area contributed by atoms with Crippen molar-refractivity contribution in [2.24, 2.45) is 0 Å². The minimum Gasteiger partial charge on any atom is -0.352 e. The normalized spacial score (nSPS) is 21.7. The number of piperidine rings is 2. The van der Waals surface area contributed by atoms with Gasteiger partial charge in [-0.3, -0.25) is 9.59 Å². The monoisotopic (exact) mass is 351 g/mol. The molecule has 2 amide bonds. The van der Waals surface area contributed by atoms with Crippen molar-refractivity contribution in [1.82, 2.24) is 15.5 Å². The van der Waals surface area contributed by atoms with Gasteiger partial charge in [0.2, 0.25) is 5.91 Å². The van der Waals surface area contributed by atoms with Crippen LogP contribution in [0.5, 0.6) is 0 Å². The molecule has 1 aromatic rings. The first-order valence-corrected chi connectivity index (χ1v) is 8.62.